The van der Waals surface area contributed by atoms with Gasteiger partial charge in [0.05, 0.1) is 17.8 Å². The number of carbonyl (C=O) groups is 1. The molecular formula is C28H21N3O2. The van der Waals surface area contributed by atoms with E-state index in [1.54, 1.807) is 36.4 Å². The molecule has 4 rings (SSSR count). The van der Waals surface area contributed by atoms with Gasteiger partial charge in [-0.05, 0) is 47.0 Å². The van der Waals surface area contributed by atoms with Crippen LogP contribution in [0.5, 0.6) is 5.75 Å². The number of carbonyl (C=O) groups excluding carboxylic acids is 1. The Labute approximate surface area is 192 Å². The van der Waals surface area contributed by atoms with Gasteiger partial charge in [-0.25, -0.2) is 5.43 Å². The predicted molar refractivity (Wildman–Crippen MR) is 129 cm³/mol. The van der Waals surface area contributed by atoms with Gasteiger partial charge >= 0.3 is 0 Å². The maximum absolute atomic E-state index is 12.3. The number of nitriles is 1. The fourth-order valence-corrected chi connectivity index (χ4v) is 3.24. The summed E-state index contributed by atoms with van der Waals surface area (Å²) >= 11 is 0. The molecule has 0 aromatic heterocycles. The molecule has 0 radical (unpaired) electrons. The van der Waals surface area contributed by atoms with E-state index in [1.807, 2.05) is 54.6 Å². The zero-order valence-corrected chi connectivity index (χ0v) is 17.8. The van der Waals surface area contributed by atoms with Crippen molar-refractivity contribution < 1.29 is 9.53 Å². The first-order valence-electron chi connectivity index (χ1n) is 10.4. The number of para-hydroxylation sites is 1. The highest BCUT2D eigenvalue weighted by atomic mass is 16.5. The molecule has 4 aromatic rings. The summed E-state index contributed by atoms with van der Waals surface area (Å²) in [6.45, 7) is 0.391. The Bertz CT molecular complexity index is 1290. The van der Waals surface area contributed by atoms with Gasteiger partial charge in [0.15, 0.2) is 0 Å². The Hall–Kier alpha value is -4.69. The molecule has 33 heavy (non-hydrogen) atoms. The normalized spacial score (nSPS) is 10.5. The molecule has 0 aliphatic heterocycles. The number of amides is 1. The van der Waals surface area contributed by atoms with Gasteiger partial charge in [-0.3, -0.25) is 4.79 Å². The van der Waals surface area contributed by atoms with Crippen molar-refractivity contribution in [1.29, 1.82) is 5.26 Å². The Kier molecular flexibility index (Phi) is 6.89. The molecule has 0 atom stereocenters. The minimum Gasteiger partial charge on any atom is -0.488 e. The lowest BCUT2D eigenvalue weighted by Gasteiger charge is -2.12. The third kappa shape index (κ3) is 5.72. The number of benzene rings is 4. The fourth-order valence-electron chi connectivity index (χ4n) is 3.24. The van der Waals surface area contributed by atoms with Crippen LogP contribution in [0.4, 0.5) is 0 Å². The largest absolute Gasteiger partial charge is 0.488 e. The van der Waals surface area contributed by atoms with Crippen LogP contribution < -0.4 is 10.2 Å². The Morgan fingerprint density at radius 2 is 1.58 bits per heavy atom. The average Bonchev–Trinajstić information content (AvgIpc) is 2.89. The van der Waals surface area contributed by atoms with Gasteiger partial charge in [-0.15, -0.1) is 0 Å². The van der Waals surface area contributed by atoms with Crippen molar-refractivity contribution in [2.24, 2.45) is 5.10 Å². The van der Waals surface area contributed by atoms with Crippen molar-refractivity contribution in [3.8, 4) is 22.9 Å². The van der Waals surface area contributed by atoms with E-state index >= 15 is 0 Å². The van der Waals surface area contributed by atoms with E-state index in [1.165, 1.54) is 6.21 Å². The molecule has 0 aliphatic rings. The molecular weight excluding hydrogens is 410 g/mol. The third-order valence-corrected chi connectivity index (χ3v) is 5.00. The van der Waals surface area contributed by atoms with Gasteiger partial charge in [-0.1, -0.05) is 72.8 Å². The molecule has 160 valence electrons. The maximum atomic E-state index is 12.3. The SMILES string of the molecule is N#Cc1ccc(/C=N\NC(=O)c2ccc(COc3ccccc3-c3ccccc3)cc2)cc1. The van der Waals surface area contributed by atoms with E-state index in [2.05, 4.69) is 28.7 Å². The van der Waals surface area contributed by atoms with Gasteiger partial charge < -0.3 is 4.74 Å². The van der Waals surface area contributed by atoms with Crippen LogP contribution in [0, 0.1) is 11.3 Å². The lowest BCUT2D eigenvalue weighted by Crippen LogP contribution is -2.17. The fraction of sp³-hybridized carbons (Fsp3) is 0.0357. The molecule has 4 aromatic carbocycles. The van der Waals surface area contributed by atoms with Crippen LogP contribution in [-0.2, 0) is 6.61 Å². The topological polar surface area (TPSA) is 74.5 Å². The number of ether oxygens (including phenoxy) is 1. The molecule has 0 fully saturated rings. The van der Waals surface area contributed by atoms with E-state index in [4.69, 9.17) is 10.00 Å². The summed E-state index contributed by atoms with van der Waals surface area (Å²) in [6.07, 6.45) is 1.53. The second-order valence-corrected chi connectivity index (χ2v) is 7.28. The van der Waals surface area contributed by atoms with Gasteiger partial charge in [0.25, 0.3) is 5.91 Å². The molecule has 0 saturated heterocycles. The summed E-state index contributed by atoms with van der Waals surface area (Å²) in [5, 5.41) is 12.8. The van der Waals surface area contributed by atoms with Crippen molar-refractivity contribution in [3.05, 3.63) is 125 Å². The van der Waals surface area contributed by atoms with Crippen LogP contribution in [-0.4, -0.2) is 12.1 Å². The molecule has 5 nitrogen and oxygen atoms in total. The monoisotopic (exact) mass is 431 g/mol. The van der Waals surface area contributed by atoms with Crippen molar-refractivity contribution in [2.75, 3.05) is 0 Å². The van der Waals surface area contributed by atoms with Crippen LogP contribution in [0.2, 0.25) is 0 Å². The molecule has 0 spiro atoms. The zero-order valence-electron chi connectivity index (χ0n) is 17.8. The first kappa shape index (κ1) is 21.5. The Balaban J connectivity index is 1.35. The molecule has 1 amide bonds. The number of nitrogens with one attached hydrogen (secondary N) is 1. The number of hydrogen-bond acceptors (Lipinski definition) is 4. The zero-order chi connectivity index (χ0) is 22.9. The Morgan fingerprint density at radius 3 is 2.30 bits per heavy atom. The summed E-state index contributed by atoms with van der Waals surface area (Å²) in [5.41, 5.74) is 7.47. The maximum Gasteiger partial charge on any atom is 0.271 e. The standard InChI is InChI=1S/C28H21N3O2/c29-18-21-10-12-22(13-11-21)19-30-31-28(32)25-16-14-23(15-17-25)20-33-27-9-5-4-8-26(27)24-6-2-1-3-7-24/h1-17,19H,20H2,(H,31,32)/b30-19-. The van der Waals surface area contributed by atoms with Crippen LogP contribution in [0.1, 0.15) is 27.0 Å². The summed E-state index contributed by atoms with van der Waals surface area (Å²) in [5.74, 6) is 0.504. The van der Waals surface area contributed by atoms with Crippen molar-refractivity contribution in [2.45, 2.75) is 6.61 Å². The second-order valence-electron chi connectivity index (χ2n) is 7.28. The van der Waals surface area contributed by atoms with Crippen molar-refractivity contribution >= 4 is 12.1 Å². The van der Waals surface area contributed by atoms with Crippen LogP contribution in [0.3, 0.4) is 0 Å². The number of nitrogens with zero attached hydrogens (tertiary/aromatic N) is 2. The van der Waals surface area contributed by atoms with E-state index < -0.39 is 0 Å². The van der Waals surface area contributed by atoms with Gasteiger partial charge in [0.1, 0.15) is 12.4 Å². The first-order valence-corrected chi connectivity index (χ1v) is 10.4. The Morgan fingerprint density at radius 1 is 0.879 bits per heavy atom. The smallest absolute Gasteiger partial charge is 0.271 e. The predicted octanol–water partition coefficient (Wildman–Crippen LogP) is 5.57. The van der Waals surface area contributed by atoms with Crippen molar-refractivity contribution in [1.82, 2.24) is 5.43 Å². The van der Waals surface area contributed by atoms with Gasteiger partial charge in [-0.2, -0.15) is 10.4 Å². The molecule has 0 bridgehead atoms. The van der Waals surface area contributed by atoms with Crippen LogP contribution in [0.25, 0.3) is 11.1 Å². The van der Waals surface area contributed by atoms with Gasteiger partial charge in [0.2, 0.25) is 0 Å². The lowest BCUT2D eigenvalue weighted by atomic mass is 10.0. The van der Waals surface area contributed by atoms with Gasteiger partial charge in [0, 0.05) is 11.1 Å². The lowest BCUT2D eigenvalue weighted by molar-refractivity contribution is 0.0955. The molecule has 5 heteroatoms. The first-order chi connectivity index (χ1) is 16.2. The highest BCUT2D eigenvalue weighted by Crippen LogP contribution is 2.30. The number of rotatable bonds is 7. The van der Waals surface area contributed by atoms with Crippen LogP contribution in [0.15, 0.2) is 108 Å². The second kappa shape index (κ2) is 10.6. The van der Waals surface area contributed by atoms with E-state index in [9.17, 15) is 4.79 Å². The highest BCUT2D eigenvalue weighted by Gasteiger charge is 2.07. The van der Waals surface area contributed by atoms with Crippen LogP contribution >= 0.6 is 0 Å². The molecule has 0 heterocycles. The minimum atomic E-state index is -0.304. The van der Waals surface area contributed by atoms with E-state index in [0.29, 0.717) is 17.7 Å². The molecule has 0 aliphatic carbocycles. The number of hydrazone groups is 1. The summed E-state index contributed by atoms with van der Waals surface area (Å²) in [7, 11) is 0. The van der Waals surface area contributed by atoms with E-state index in [-0.39, 0.29) is 5.91 Å². The molecule has 0 unspecified atom stereocenters. The number of hydrogen-bond donors (Lipinski definition) is 1. The molecule has 0 saturated carbocycles. The summed E-state index contributed by atoms with van der Waals surface area (Å²) < 4.78 is 6.06. The summed E-state index contributed by atoms with van der Waals surface area (Å²) in [4.78, 5) is 12.3. The van der Waals surface area contributed by atoms with E-state index in [0.717, 1.165) is 28.0 Å². The van der Waals surface area contributed by atoms with Crippen molar-refractivity contribution in [3.63, 3.8) is 0 Å². The quantitative estimate of drug-likeness (QED) is 0.307. The third-order valence-electron chi connectivity index (χ3n) is 5.00. The highest BCUT2D eigenvalue weighted by molar-refractivity contribution is 5.94. The molecule has 1 N–H and O–H groups in total. The summed E-state index contributed by atoms with van der Waals surface area (Å²) in [6, 6.07) is 34.2. The minimum absolute atomic E-state index is 0.304. The average molecular weight is 431 g/mol.